The van der Waals surface area contributed by atoms with Crippen LogP contribution in [-0.2, 0) is 11.3 Å². The summed E-state index contributed by atoms with van der Waals surface area (Å²) in [6.45, 7) is 8.01. The van der Waals surface area contributed by atoms with E-state index in [2.05, 4.69) is 10.6 Å². The molecule has 0 aliphatic rings. The smallest absolute Gasteiger partial charge is 0.251 e. The molecule has 4 rings (SSSR count). The second-order valence-electron chi connectivity index (χ2n) is 8.45. The van der Waals surface area contributed by atoms with Crippen molar-refractivity contribution in [3.63, 3.8) is 0 Å². The number of carbonyl (C=O) groups is 2. The Bertz CT molecular complexity index is 1320. The van der Waals surface area contributed by atoms with Gasteiger partial charge < -0.3 is 15.2 Å². The Balaban J connectivity index is 1.58. The third-order valence-electron chi connectivity index (χ3n) is 5.83. The largest absolute Gasteiger partial charge is 0.342 e. The van der Waals surface area contributed by atoms with Crippen LogP contribution in [0.25, 0.3) is 11.0 Å². The maximum Gasteiger partial charge on any atom is 0.251 e. The molecule has 168 valence electrons. The van der Waals surface area contributed by atoms with E-state index in [1.165, 1.54) is 5.56 Å². The average molecular weight is 441 g/mol. The van der Waals surface area contributed by atoms with E-state index in [0.717, 1.165) is 27.8 Å². The zero-order chi connectivity index (χ0) is 23.5. The number of fused-ring (bicyclic) bond motifs is 1. The van der Waals surface area contributed by atoms with Gasteiger partial charge in [-0.05, 0) is 75.2 Å². The number of carbonyl (C=O) groups excluding carboxylic acids is 2. The summed E-state index contributed by atoms with van der Waals surface area (Å²) in [4.78, 5) is 30.4. The number of benzene rings is 3. The lowest BCUT2D eigenvalue weighted by Gasteiger charge is -2.17. The maximum atomic E-state index is 12.9. The minimum Gasteiger partial charge on any atom is -0.342 e. The second kappa shape index (κ2) is 9.28. The molecule has 3 aromatic carbocycles. The van der Waals surface area contributed by atoms with Crippen molar-refractivity contribution in [3.8, 4) is 0 Å². The molecule has 0 radical (unpaired) electrons. The van der Waals surface area contributed by atoms with Crippen molar-refractivity contribution in [3.05, 3.63) is 94.8 Å². The van der Waals surface area contributed by atoms with Gasteiger partial charge in [0.05, 0.1) is 17.1 Å². The molecule has 6 nitrogen and oxygen atoms in total. The number of para-hydroxylation sites is 2. The van der Waals surface area contributed by atoms with Crippen LogP contribution in [0.4, 0.5) is 5.69 Å². The molecule has 1 heterocycles. The van der Waals surface area contributed by atoms with Gasteiger partial charge in [-0.15, -0.1) is 0 Å². The first-order valence-electron chi connectivity index (χ1n) is 11.0. The highest BCUT2D eigenvalue weighted by Gasteiger charge is 2.20. The van der Waals surface area contributed by atoms with E-state index >= 15 is 0 Å². The fourth-order valence-corrected chi connectivity index (χ4v) is 3.80. The number of nitrogens with zero attached hydrogens (tertiary/aromatic N) is 2. The predicted molar refractivity (Wildman–Crippen MR) is 131 cm³/mol. The number of rotatable bonds is 6. The molecule has 33 heavy (non-hydrogen) atoms. The molecule has 1 atom stereocenters. The second-order valence-corrected chi connectivity index (χ2v) is 8.45. The lowest BCUT2D eigenvalue weighted by atomic mass is 10.1. The van der Waals surface area contributed by atoms with Crippen LogP contribution in [0.1, 0.15) is 45.8 Å². The molecular weight excluding hydrogens is 412 g/mol. The molecule has 0 saturated heterocycles. The van der Waals surface area contributed by atoms with Crippen LogP contribution in [-0.4, -0.2) is 21.4 Å². The van der Waals surface area contributed by atoms with Crippen molar-refractivity contribution in [1.29, 1.82) is 0 Å². The number of imidazole rings is 1. The number of amides is 2. The number of aromatic nitrogens is 2. The lowest BCUT2D eigenvalue weighted by Crippen LogP contribution is -2.30. The predicted octanol–water partition coefficient (Wildman–Crippen LogP) is 5.09. The van der Waals surface area contributed by atoms with E-state index in [9.17, 15) is 9.59 Å². The van der Waals surface area contributed by atoms with Crippen LogP contribution in [0.5, 0.6) is 0 Å². The topological polar surface area (TPSA) is 76.0 Å². The summed E-state index contributed by atoms with van der Waals surface area (Å²) >= 11 is 0. The van der Waals surface area contributed by atoms with Crippen LogP contribution >= 0.6 is 0 Å². The summed E-state index contributed by atoms with van der Waals surface area (Å²) in [6.07, 6.45) is 0. The highest BCUT2D eigenvalue weighted by Crippen LogP contribution is 2.22. The Morgan fingerprint density at radius 3 is 2.39 bits per heavy atom. The highest BCUT2D eigenvalue weighted by molar-refractivity contribution is 5.94. The Morgan fingerprint density at radius 1 is 0.939 bits per heavy atom. The summed E-state index contributed by atoms with van der Waals surface area (Å²) in [5, 5.41) is 5.99. The van der Waals surface area contributed by atoms with Gasteiger partial charge in [-0.3, -0.25) is 9.59 Å². The highest BCUT2D eigenvalue weighted by atomic mass is 16.2. The lowest BCUT2D eigenvalue weighted by molar-refractivity contribution is -0.116. The Morgan fingerprint density at radius 2 is 1.67 bits per heavy atom. The van der Waals surface area contributed by atoms with Crippen molar-refractivity contribution in [1.82, 2.24) is 14.9 Å². The van der Waals surface area contributed by atoms with E-state index < -0.39 is 0 Å². The zero-order valence-electron chi connectivity index (χ0n) is 19.3. The SMILES string of the molecule is Cc1ccc(C(=O)NC(C)c2nc3ccccc3n2CC(=O)Nc2ccc(C)c(C)c2)cc1. The van der Waals surface area contributed by atoms with Gasteiger partial charge in [0.25, 0.3) is 5.91 Å². The molecule has 6 heteroatoms. The van der Waals surface area contributed by atoms with E-state index in [0.29, 0.717) is 11.4 Å². The number of hydrogen-bond acceptors (Lipinski definition) is 3. The van der Waals surface area contributed by atoms with Crippen LogP contribution in [0.2, 0.25) is 0 Å². The molecule has 0 bridgehead atoms. The quantitative estimate of drug-likeness (QED) is 0.438. The van der Waals surface area contributed by atoms with Gasteiger partial charge in [0.2, 0.25) is 5.91 Å². The Labute approximate surface area is 193 Å². The fraction of sp³-hybridized carbons (Fsp3) is 0.222. The van der Waals surface area contributed by atoms with E-state index in [1.54, 1.807) is 12.1 Å². The molecule has 2 N–H and O–H groups in total. The summed E-state index contributed by atoms with van der Waals surface area (Å²) in [6, 6.07) is 20.6. The van der Waals surface area contributed by atoms with Crippen LogP contribution < -0.4 is 10.6 Å². The minimum absolute atomic E-state index is 0.0908. The Hall–Kier alpha value is -3.93. The number of aryl methyl sites for hydroxylation is 3. The molecule has 0 aliphatic carbocycles. The van der Waals surface area contributed by atoms with Gasteiger partial charge in [-0.2, -0.15) is 0 Å². The number of hydrogen-bond donors (Lipinski definition) is 2. The normalized spacial score (nSPS) is 11.9. The van der Waals surface area contributed by atoms with Crippen LogP contribution in [0, 0.1) is 20.8 Å². The summed E-state index contributed by atoms with van der Waals surface area (Å²) in [5.41, 5.74) is 6.36. The average Bonchev–Trinajstić information content (AvgIpc) is 3.15. The van der Waals surface area contributed by atoms with Gasteiger partial charge in [0.1, 0.15) is 12.4 Å². The summed E-state index contributed by atoms with van der Waals surface area (Å²) < 4.78 is 1.87. The molecule has 2 amide bonds. The van der Waals surface area contributed by atoms with E-state index in [1.807, 2.05) is 86.9 Å². The first kappa shape index (κ1) is 22.3. The molecule has 0 aliphatic heterocycles. The first-order chi connectivity index (χ1) is 15.8. The monoisotopic (exact) mass is 440 g/mol. The van der Waals surface area contributed by atoms with E-state index in [-0.39, 0.29) is 24.4 Å². The van der Waals surface area contributed by atoms with Gasteiger partial charge >= 0.3 is 0 Å². The van der Waals surface area contributed by atoms with Crippen molar-refractivity contribution in [2.24, 2.45) is 0 Å². The minimum atomic E-state index is -0.388. The van der Waals surface area contributed by atoms with Gasteiger partial charge in [0.15, 0.2) is 0 Å². The van der Waals surface area contributed by atoms with Crippen molar-refractivity contribution < 1.29 is 9.59 Å². The first-order valence-corrected chi connectivity index (χ1v) is 11.0. The molecule has 0 spiro atoms. The van der Waals surface area contributed by atoms with Crippen molar-refractivity contribution in [2.75, 3.05) is 5.32 Å². The zero-order valence-corrected chi connectivity index (χ0v) is 19.3. The molecular formula is C27H28N4O2. The van der Waals surface area contributed by atoms with Crippen LogP contribution in [0.3, 0.4) is 0 Å². The van der Waals surface area contributed by atoms with E-state index in [4.69, 9.17) is 4.98 Å². The molecule has 4 aromatic rings. The number of anilines is 1. The van der Waals surface area contributed by atoms with Gasteiger partial charge in [-0.1, -0.05) is 35.9 Å². The fourth-order valence-electron chi connectivity index (χ4n) is 3.80. The standard InChI is InChI=1S/C27H28N4O2/c1-17-9-12-21(13-10-17)27(33)28-20(4)26-30-23-7-5-6-8-24(23)31(26)16-25(32)29-22-14-11-18(2)19(3)15-22/h5-15,20H,16H2,1-4H3,(H,28,33)(H,29,32). The summed E-state index contributed by atoms with van der Waals surface area (Å²) in [7, 11) is 0. The van der Waals surface area contributed by atoms with Gasteiger partial charge in [-0.25, -0.2) is 4.98 Å². The van der Waals surface area contributed by atoms with Crippen molar-refractivity contribution in [2.45, 2.75) is 40.3 Å². The molecule has 0 saturated carbocycles. The Kier molecular flexibility index (Phi) is 6.27. The van der Waals surface area contributed by atoms with Crippen LogP contribution in [0.15, 0.2) is 66.7 Å². The maximum absolute atomic E-state index is 12.9. The summed E-state index contributed by atoms with van der Waals surface area (Å²) in [5.74, 6) is 0.298. The molecule has 1 aromatic heterocycles. The van der Waals surface area contributed by atoms with Gasteiger partial charge in [0, 0.05) is 11.3 Å². The van der Waals surface area contributed by atoms with Crippen molar-refractivity contribution >= 4 is 28.5 Å². The molecule has 0 fully saturated rings. The molecule has 1 unspecified atom stereocenters. The third kappa shape index (κ3) is 4.95. The third-order valence-corrected chi connectivity index (χ3v) is 5.83. The number of nitrogens with one attached hydrogen (secondary N) is 2.